The van der Waals surface area contributed by atoms with Gasteiger partial charge in [-0.1, -0.05) is 32.0 Å². The number of halogens is 1. The van der Waals surface area contributed by atoms with Crippen LogP contribution in [0, 0.1) is 5.82 Å². The van der Waals surface area contributed by atoms with E-state index in [1.165, 1.54) is 18.4 Å². The maximum Gasteiger partial charge on any atom is 0.254 e. The van der Waals surface area contributed by atoms with Gasteiger partial charge in [0.1, 0.15) is 23.5 Å². The summed E-state index contributed by atoms with van der Waals surface area (Å²) in [6, 6.07) is 11.0. The maximum absolute atomic E-state index is 14.6. The van der Waals surface area contributed by atoms with Gasteiger partial charge >= 0.3 is 0 Å². The highest BCUT2D eigenvalue weighted by Gasteiger charge is 2.20. The van der Waals surface area contributed by atoms with Crippen molar-refractivity contribution in [1.82, 2.24) is 20.4 Å². The second kappa shape index (κ2) is 11.3. The van der Waals surface area contributed by atoms with Gasteiger partial charge < -0.3 is 24.1 Å². The van der Waals surface area contributed by atoms with Gasteiger partial charge in [-0.25, -0.2) is 9.37 Å². The number of amides is 1. The number of hydrogen-bond acceptors (Lipinski definition) is 8. The van der Waals surface area contributed by atoms with E-state index in [0.717, 1.165) is 5.56 Å². The minimum atomic E-state index is -0.699. The van der Waals surface area contributed by atoms with Gasteiger partial charge in [0.15, 0.2) is 6.10 Å². The molecule has 2 aromatic carbocycles. The molecule has 2 N–H and O–H groups in total. The van der Waals surface area contributed by atoms with Crippen LogP contribution in [0.4, 0.5) is 4.39 Å². The topological polar surface area (TPSA) is 124 Å². The molecule has 9 nitrogen and oxygen atoms in total. The summed E-state index contributed by atoms with van der Waals surface area (Å²) in [6.45, 7) is 7.29. The first-order valence-corrected chi connectivity index (χ1v) is 12.1. The Bertz CT molecular complexity index is 1350. The first-order valence-electron chi connectivity index (χ1n) is 12.1. The molecule has 4 rings (SSSR count). The van der Waals surface area contributed by atoms with Crippen LogP contribution >= 0.6 is 0 Å². The molecule has 0 fully saturated rings. The number of nitrogens with zero attached hydrogens (tertiary/aromatic N) is 3. The molecule has 0 aliphatic heterocycles. The zero-order chi connectivity index (χ0) is 26.5. The minimum Gasteiger partial charge on any atom is -0.481 e. The molecule has 4 aromatic rings. The highest BCUT2D eigenvalue weighted by atomic mass is 19.1. The lowest BCUT2D eigenvalue weighted by atomic mass is 10.1. The normalized spacial score (nSPS) is 12.9. The molecule has 37 heavy (non-hydrogen) atoms. The lowest BCUT2D eigenvalue weighted by molar-refractivity contribution is 0.0918. The van der Waals surface area contributed by atoms with Crippen LogP contribution in [0.3, 0.4) is 0 Å². The van der Waals surface area contributed by atoms with Crippen LogP contribution in [0.2, 0.25) is 0 Å². The Kier molecular flexibility index (Phi) is 7.98. The average Bonchev–Trinajstić information content (AvgIpc) is 3.58. The van der Waals surface area contributed by atoms with Crippen molar-refractivity contribution in [2.75, 3.05) is 6.61 Å². The van der Waals surface area contributed by atoms with Gasteiger partial charge in [0.25, 0.3) is 5.91 Å². The number of oxazole rings is 1. The van der Waals surface area contributed by atoms with E-state index in [2.05, 4.69) is 20.4 Å². The van der Waals surface area contributed by atoms with Crippen LogP contribution in [0.15, 0.2) is 57.7 Å². The van der Waals surface area contributed by atoms with Crippen LogP contribution in [-0.2, 0) is 0 Å². The van der Waals surface area contributed by atoms with E-state index in [9.17, 15) is 9.18 Å². The predicted octanol–water partition coefficient (Wildman–Crippen LogP) is 5.29. The summed E-state index contributed by atoms with van der Waals surface area (Å²) in [5, 5.41) is 15.6. The Hall–Kier alpha value is -4.05. The first-order chi connectivity index (χ1) is 17.8. The summed E-state index contributed by atoms with van der Waals surface area (Å²) in [5.41, 5.74) is 1.56. The highest BCUT2D eigenvalue weighted by molar-refractivity contribution is 5.95. The molecule has 1 amide bonds. The van der Waals surface area contributed by atoms with Gasteiger partial charge in [-0.15, -0.1) is 0 Å². The van der Waals surface area contributed by atoms with Crippen molar-refractivity contribution >= 4 is 5.91 Å². The molecular weight excluding hydrogens is 479 g/mol. The molecule has 2 heterocycles. The number of carbonyl (C=O) groups is 1. The van der Waals surface area contributed by atoms with E-state index in [1.807, 2.05) is 45.0 Å². The molecule has 0 spiro atoms. The molecule has 0 aliphatic rings. The molecule has 0 bridgehead atoms. The Balaban J connectivity index is 1.45. The summed E-state index contributed by atoms with van der Waals surface area (Å²) in [6.07, 6.45) is 1.54. The number of aromatic nitrogens is 3. The van der Waals surface area contributed by atoms with Crippen molar-refractivity contribution < 1.29 is 28.0 Å². The number of aliphatic hydroxyl groups excluding tert-OH is 1. The van der Waals surface area contributed by atoms with E-state index >= 15 is 0 Å². The Morgan fingerprint density at radius 1 is 1.08 bits per heavy atom. The van der Waals surface area contributed by atoms with E-state index in [1.54, 1.807) is 13.0 Å². The molecule has 0 radical (unpaired) electrons. The Morgan fingerprint density at radius 3 is 2.43 bits per heavy atom. The van der Waals surface area contributed by atoms with Crippen LogP contribution in [0.25, 0.3) is 22.6 Å². The molecule has 194 valence electrons. The van der Waals surface area contributed by atoms with Gasteiger partial charge in [-0.05, 0) is 49.7 Å². The summed E-state index contributed by atoms with van der Waals surface area (Å²) >= 11 is 0. The van der Waals surface area contributed by atoms with Crippen molar-refractivity contribution in [3.8, 4) is 28.4 Å². The maximum atomic E-state index is 14.6. The van der Waals surface area contributed by atoms with Gasteiger partial charge in [0, 0.05) is 23.1 Å². The molecule has 0 saturated heterocycles. The molecular formula is C27H29FN4O5. The molecule has 2 aromatic heterocycles. The molecule has 0 saturated carbocycles. The van der Waals surface area contributed by atoms with Gasteiger partial charge in [0.05, 0.1) is 12.2 Å². The van der Waals surface area contributed by atoms with Crippen LogP contribution in [-0.4, -0.2) is 38.8 Å². The third-order valence-corrected chi connectivity index (χ3v) is 5.66. The van der Waals surface area contributed by atoms with E-state index in [-0.39, 0.29) is 18.1 Å². The van der Waals surface area contributed by atoms with Crippen molar-refractivity contribution in [3.05, 3.63) is 71.9 Å². The van der Waals surface area contributed by atoms with E-state index in [4.69, 9.17) is 18.8 Å². The second-order valence-electron chi connectivity index (χ2n) is 8.97. The fourth-order valence-corrected chi connectivity index (χ4v) is 3.52. The van der Waals surface area contributed by atoms with Gasteiger partial charge in [-0.3, -0.25) is 4.79 Å². The lowest BCUT2D eigenvalue weighted by Gasteiger charge is -2.14. The Labute approximate surface area is 213 Å². The number of nitrogens with one attached hydrogen (secondary N) is 1. The number of ether oxygens (including phenoxy) is 1. The largest absolute Gasteiger partial charge is 0.481 e. The summed E-state index contributed by atoms with van der Waals surface area (Å²) < 4.78 is 31.6. The van der Waals surface area contributed by atoms with Crippen LogP contribution in [0.5, 0.6) is 5.75 Å². The highest BCUT2D eigenvalue weighted by Crippen LogP contribution is 2.29. The van der Waals surface area contributed by atoms with Crippen LogP contribution < -0.4 is 10.1 Å². The second-order valence-corrected chi connectivity index (χ2v) is 8.97. The lowest BCUT2D eigenvalue weighted by Crippen LogP contribution is -2.35. The molecule has 0 aliphatic carbocycles. The zero-order valence-corrected chi connectivity index (χ0v) is 21.1. The predicted molar refractivity (Wildman–Crippen MR) is 133 cm³/mol. The molecule has 10 heteroatoms. The smallest absolute Gasteiger partial charge is 0.254 e. The quantitative estimate of drug-likeness (QED) is 0.296. The zero-order valence-electron chi connectivity index (χ0n) is 21.1. The fourth-order valence-electron chi connectivity index (χ4n) is 3.52. The minimum absolute atomic E-state index is 0.118. The van der Waals surface area contributed by atoms with E-state index < -0.39 is 23.9 Å². The fraction of sp³-hybridized carbons (Fsp3) is 0.333. The monoisotopic (exact) mass is 508 g/mol. The van der Waals surface area contributed by atoms with Crippen molar-refractivity contribution in [1.29, 1.82) is 0 Å². The molecule has 1 unspecified atom stereocenters. The number of benzene rings is 2. The Morgan fingerprint density at radius 2 is 1.81 bits per heavy atom. The van der Waals surface area contributed by atoms with Gasteiger partial charge in [-0.2, -0.15) is 4.98 Å². The standard InChI is InChI=1S/C27H29FN4O5/c1-5-23(36-19-9-6-17(7-10-19)24-31-26(15(2)3)37-32-24)27-30-22(14-35-27)18-8-11-20(21(28)12-18)25(34)29-16(4)13-33/h6-12,14-16,23,33H,5,13H2,1-4H3,(H,29,34)/t16-,23?/m1/s1. The van der Waals surface area contributed by atoms with Crippen molar-refractivity contribution in [2.24, 2.45) is 0 Å². The third kappa shape index (κ3) is 6.03. The number of rotatable bonds is 10. The van der Waals surface area contributed by atoms with Crippen molar-refractivity contribution in [3.63, 3.8) is 0 Å². The summed E-state index contributed by atoms with van der Waals surface area (Å²) in [5.74, 6) is 0.899. The summed E-state index contributed by atoms with van der Waals surface area (Å²) in [4.78, 5) is 21.1. The van der Waals surface area contributed by atoms with Crippen molar-refractivity contribution in [2.45, 2.75) is 52.2 Å². The average molecular weight is 509 g/mol. The van der Waals surface area contributed by atoms with Crippen LogP contribution in [0.1, 0.15) is 68.3 Å². The van der Waals surface area contributed by atoms with Gasteiger partial charge in [0.2, 0.25) is 17.6 Å². The first kappa shape index (κ1) is 26.0. The summed E-state index contributed by atoms with van der Waals surface area (Å²) in [7, 11) is 0. The SMILES string of the molecule is CCC(Oc1ccc(-c2noc(C(C)C)n2)cc1)c1nc(-c2ccc(C(=O)N[C@H](C)CO)c(F)c2)co1. The van der Waals surface area contributed by atoms with E-state index in [0.29, 0.717) is 41.0 Å². The molecule has 2 atom stereocenters. The number of carbonyl (C=O) groups excluding carboxylic acids is 1. The number of aliphatic hydroxyl groups is 1. The third-order valence-electron chi connectivity index (χ3n) is 5.66. The number of hydrogen-bond donors (Lipinski definition) is 2.